The van der Waals surface area contributed by atoms with Gasteiger partial charge in [-0.05, 0) is 40.2 Å². The summed E-state index contributed by atoms with van der Waals surface area (Å²) in [5, 5.41) is 2.75. The Morgan fingerprint density at radius 2 is 1.90 bits per heavy atom. The van der Waals surface area contributed by atoms with Crippen molar-refractivity contribution in [2.75, 3.05) is 5.32 Å². The van der Waals surface area contributed by atoms with Gasteiger partial charge in [0.25, 0.3) is 0 Å². The van der Waals surface area contributed by atoms with Crippen LogP contribution in [0.5, 0.6) is 0 Å². The third-order valence-electron chi connectivity index (χ3n) is 2.92. The fraction of sp³-hybridized carbons (Fsp3) is 0.0667. The van der Waals surface area contributed by atoms with Gasteiger partial charge in [-0.25, -0.2) is 4.98 Å². The van der Waals surface area contributed by atoms with Crippen molar-refractivity contribution in [3.05, 3.63) is 53.3 Å². The van der Waals surface area contributed by atoms with Gasteiger partial charge >= 0.3 is 0 Å². The van der Waals surface area contributed by atoms with Crippen LogP contribution in [0.4, 0.5) is 5.69 Å². The van der Waals surface area contributed by atoms with Gasteiger partial charge in [0.1, 0.15) is 5.65 Å². The molecule has 5 heteroatoms. The summed E-state index contributed by atoms with van der Waals surface area (Å²) in [6.45, 7) is 1.49. The lowest BCUT2D eigenvalue weighted by molar-refractivity contribution is -0.114. The van der Waals surface area contributed by atoms with Crippen LogP contribution in [0.25, 0.3) is 16.9 Å². The number of nitrogens with one attached hydrogen (secondary N) is 1. The van der Waals surface area contributed by atoms with Crippen molar-refractivity contribution in [3.63, 3.8) is 0 Å². The summed E-state index contributed by atoms with van der Waals surface area (Å²) < 4.78 is 2.98. The molecule has 0 aliphatic rings. The highest BCUT2D eigenvalue weighted by Crippen LogP contribution is 2.22. The zero-order valence-corrected chi connectivity index (χ0v) is 12.4. The van der Waals surface area contributed by atoms with Crippen LogP contribution in [0.3, 0.4) is 0 Å². The molecule has 3 rings (SSSR count). The van der Waals surface area contributed by atoms with Gasteiger partial charge in [0.2, 0.25) is 5.91 Å². The number of pyridine rings is 1. The van der Waals surface area contributed by atoms with Crippen molar-refractivity contribution in [1.29, 1.82) is 0 Å². The molecule has 0 atom stereocenters. The molecule has 2 aromatic heterocycles. The Hall–Kier alpha value is -2.14. The summed E-state index contributed by atoms with van der Waals surface area (Å²) in [5.74, 6) is -0.0738. The Kier molecular flexibility index (Phi) is 3.28. The lowest BCUT2D eigenvalue weighted by Gasteiger charge is -2.02. The summed E-state index contributed by atoms with van der Waals surface area (Å²) in [6, 6.07) is 11.6. The predicted molar refractivity (Wildman–Crippen MR) is 82.6 cm³/mol. The van der Waals surface area contributed by atoms with E-state index >= 15 is 0 Å². The molecule has 0 bridgehead atoms. The van der Waals surface area contributed by atoms with E-state index in [-0.39, 0.29) is 5.91 Å². The summed E-state index contributed by atoms with van der Waals surface area (Å²) >= 11 is 3.44. The molecule has 4 nitrogen and oxygen atoms in total. The van der Waals surface area contributed by atoms with Gasteiger partial charge in [0, 0.05) is 35.0 Å². The smallest absolute Gasteiger partial charge is 0.221 e. The van der Waals surface area contributed by atoms with Crippen molar-refractivity contribution in [3.8, 4) is 11.3 Å². The Morgan fingerprint density at radius 1 is 1.15 bits per heavy atom. The van der Waals surface area contributed by atoms with Crippen LogP contribution < -0.4 is 5.32 Å². The number of anilines is 1. The zero-order chi connectivity index (χ0) is 14.1. The fourth-order valence-electron chi connectivity index (χ4n) is 2.03. The Bertz CT molecular complexity index is 777. The quantitative estimate of drug-likeness (QED) is 0.778. The molecular formula is C15H12BrN3O. The highest BCUT2D eigenvalue weighted by Gasteiger charge is 2.05. The van der Waals surface area contributed by atoms with Crippen LogP contribution >= 0.6 is 15.9 Å². The summed E-state index contributed by atoms with van der Waals surface area (Å²) in [5.41, 5.74) is 3.60. The second-order valence-corrected chi connectivity index (χ2v) is 5.41. The fourth-order valence-corrected chi connectivity index (χ4v) is 2.38. The molecule has 1 N–H and O–H groups in total. The SMILES string of the molecule is CC(=O)Nc1ccc(-c2cn3cc(Br)ccc3n2)cc1. The van der Waals surface area contributed by atoms with Crippen molar-refractivity contribution in [1.82, 2.24) is 9.38 Å². The molecule has 1 amide bonds. The number of nitrogens with zero attached hydrogens (tertiary/aromatic N) is 2. The number of halogens is 1. The molecule has 3 aromatic rings. The largest absolute Gasteiger partial charge is 0.326 e. The van der Waals surface area contributed by atoms with E-state index in [1.165, 1.54) is 6.92 Å². The molecule has 2 heterocycles. The lowest BCUT2D eigenvalue weighted by Crippen LogP contribution is -2.05. The molecule has 0 aliphatic heterocycles. The summed E-state index contributed by atoms with van der Waals surface area (Å²) in [4.78, 5) is 15.6. The van der Waals surface area contributed by atoms with Gasteiger partial charge in [-0.1, -0.05) is 12.1 Å². The first-order valence-corrected chi connectivity index (χ1v) is 6.93. The molecule has 0 unspecified atom stereocenters. The second kappa shape index (κ2) is 5.09. The number of rotatable bonds is 2. The van der Waals surface area contributed by atoms with Crippen LogP contribution in [-0.2, 0) is 4.79 Å². The van der Waals surface area contributed by atoms with Gasteiger partial charge in [-0.15, -0.1) is 0 Å². The van der Waals surface area contributed by atoms with Crippen LogP contribution in [0, 0.1) is 0 Å². The number of benzene rings is 1. The van der Waals surface area contributed by atoms with Gasteiger partial charge < -0.3 is 9.72 Å². The maximum absolute atomic E-state index is 11.0. The van der Waals surface area contributed by atoms with Crippen molar-refractivity contribution in [2.45, 2.75) is 6.92 Å². The molecule has 0 saturated heterocycles. The van der Waals surface area contributed by atoms with Crippen molar-refractivity contribution < 1.29 is 4.79 Å². The minimum atomic E-state index is -0.0738. The number of amides is 1. The van der Waals surface area contributed by atoms with E-state index in [2.05, 4.69) is 26.2 Å². The molecule has 0 radical (unpaired) electrons. The van der Waals surface area contributed by atoms with E-state index in [1.807, 2.05) is 53.2 Å². The Balaban J connectivity index is 1.96. The predicted octanol–water partition coefficient (Wildman–Crippen LogP) is 3.72. The van der Waals surface area contributed by atoms with E-state index in [1.54, 1.807) is 0 Å². The first-order chi connectivity index (χ1) is 9.61. The zero-order valence-electron chi connectivity index (χ0n) is 10.8. The molecule has 0 aliphatic carbocycles. The average molecular weight is 330 g/mol. The molecule has 20 heavy (non-hydrogen) atoms. The summed E-state index contributed by atoms with van der Waals surface area (Å²) in [7, 11) is 0. The van der Waals surface area contributed by atoms with Crippen LogP contribution in [-0.4, -0.2) is 15.3 Å². The number of hydrogen-bond donors (Lipinski definition) is 1. The number of aromatic nitrogens is 2. The maximum atomic E-state index is 11.0. The van der Waals surface area contributed by atoms with E-state index < -0.39 is 0 Å². The van der Waals surface area contributed by atoms with Gasteiger partial charge in [-0.2, -0.15) is 0 Å². The minimum Gasteiger partial charge on any atom is -0.326 e. The monoisotopic (exact) mass is 329 g/mol. The van der Waals surface area contributed by atoms with Crippen molar-refractivity contribution in [2.24, 2.45) is 0 Å². The van der Waals surface area contributed by atoms with Crippen LogP contribution in [0.1, 0.15) is 6.92 Å². The lowest BCUT2D eigenvalue weighted by atomic mass is 10.1. The topological polar surface area (TPSA) is 46.4 Å². The van der Waals surface area contributed by atoms with E-state index in [9.17, 15) is 4.79 Å². The van der Waals surface area contributed by atoms with E-state index in [0.717, 1.165) is 27.1 Å². The summed E-state index contributed by atoms with van der Waals surface area (Å²) in [6.07, 6.45) is 3.95. The Labute approximate surface area is 124 Å². The van der Waals surface area contributed by atoms with Gasteiger partial charge in [0.05, 0.1) is 5.69 Å². The first-order valence-electron chi connectivity index (χ1n) is 6.14. The number of carbonyl (C=O) groups is 1. The molecular weight excluding hydrogens is 318 g/mol. The second-order valence-electron chi connectivity index (χ2n) is 4.50. The average Bonchev–Trinajstić information content (AvgIpc) is 2.81. The normalized spacial score (nSPS) is 10.7. The minimum absolute atomic E-state index is 0.0738. The third kappa shape index (κ3) is 2.58. The number of carbonyl (C=O) groups excluding carboxylic acids is 1. The molecule has 0 saturated carbocycles. The first kappa shape index (κ1) is 12.9. The van der Waals surface area contributed by atoms with Crippen LogP contribution in [0.15, 0.2) is 53.3 Å². The van der Waals surface area contributed by atoms with Gasteiger partial charge in [0.15, 0.2) is 0 Å². The molecule has 0 fully saturated rings. The highest BCUT2D eigenvalue weighted by molar-refractivity contribution is 9.10. The van der Waals surface area contributed by atoms with Crippen molar-refractivity contribution >= 4 is 33.2 Å². The van der Waals surface area contributed by atoms with E-state index in [0.29, 0.717) is 0 Å². The third-order valence-corrected chi connectivity index (χ3v) is 3.39. The molecule has 1 aromatic carbocycles. The molecule has 0 spiro atoms. The van der Waals surface area contributed by atoms with Gasteiger partial charge in [-0.3, -0.25) is 4.79 Å². The molecule has 100 valence electrons. The number of imidazole rings is 1. The number of hydrogen-bond acceptors (Lipinski definition) is 2. The maximum Gasteiger partial charge on any atom is 0.221 e. The Morgan fingerprint density at radius 3 is 2.60 bits per heavy atom. The standard InChI is InChI=1S/C15H12BrN3O/c1-10(20)17-13-5-2-11(3-6-13)14-9-19-8-12(16)4-7-15(19)18-14/h2-9H,1H3,(H,17,20). The number of fused-ring (bicyclic) bond motifs is 1. The highest BCUT2D eigenvalue weighted by atomic mass is 79.9. The van der Waals surface area contributed by atoms with Crippen LogP contribution in [0.2, 0.25) is 0 Å². The van der Waals surface area contributed by atoms with E-state index in [4.69, 9.17) is 0 Å².